The molecule has 0 aliphatic heterocycles. The van der Waals surface area contributed by atoms with Gasteiger partial charge in [-0.1, -0.05) is 6.92 Å². The molecular weight excluding hydrogens is 224 g/mol. The van der Waals surface area contributed by atoms with Gasteiger partial charge in [-0.05, 0) is 31.6 Å². The third-order valence-electron chi connectivity index (χ3n) is 2.43. The first-order valence-electron chi connectivity index (χ1n) is 6.04. The lowest BCUT2D eigenvalue weighted by Gasteiger charge is -2.09. The molecule has 0 saturated heterocycles. The number of esters is 1. The SMILES string of the molecule is CC(CCC(=O)O)CC(=O)OCCCCCO. The molecule has 0 rings (SSSR count). The molecule has 0 amide bonds. The monoisotopic (exact) mass is 246 g/mol. The van der Waals surface area contributed by atoms with Crippen molar-refractivity contribution in [2.45, 2.75) is 45.4 Å². The Bertz CT molecular complexity index is 227. The maximum Gasteiger partial charge on any atom is 0.306 e. The van der Waals surface area contributed by atoms with Crippen molar-refractivity contribution >= 4 is 11.9 Å². The van der Waals surface area contributed by atoms with Crippen molar-refractivity contribution in [3.63, 3.8) is 0 Å². The van der Waals surface area contributed by atoms with E-state index < -0.39 is 5.97 Å². The number of aliphatic hydroxyl groups excluding tert-OH is 1. The van der Waals surface area contributed by atoms with Gasteiger partial charge in [0.05, 0.1) is 6.61 Å². The zero-order valence-corrected chi connectivity index (χ0v) is 10.4. The number of aliphatic carboxylic acids is 1. The molecule has 0 saturated carbocycles. The largest absolute Gasteiger partial charge is 0.481 e. The zero-order chi connectivity index (χ0) is 13.1. The van der Waals surface area contributed by atoms with Crippen LogP contribution in [0.2, 0.25) is 0 Å². The van der Waals surface area contributed by atoms with E-state index in [4.69, 9.17) is 14.9 Å². The van der Waals surface area contributed by atoms with Gasteiger partial charge in [-0.15, -0.1) is 0 Å². The summed E-state index contributed by atoms with van der Waals surface area (Å²) in [6, 6.07) is 0. The lowest BCUT2D eigenvalue weighted by molar-refractivity contribution is -0.145. The number of carbonyl (C=O) groups excluding carboxylic acids is 1. The Hall–Kier alpha value is -1.10. The van der Waals surface area contributed by atoms with Crippen molar-refractivity contribution in [2.24, 2.45) is 5.92 Å². The van der Waals surface area contributed by atoms with E-state index in [1.54, 1.807) is 0 Å². The molecule has 1 atom stereocenters. The van der Waals surface area contributed by atoms with Crippen LogP contribution in [-0.2, 0) is 14.3 Å². The van der Waals surface area contributed by atoms with E-state index in [0.29, 0.717) is 13.0 Å². The van der Waals surface area contributed by atoms with Crippen LogP contribution in [0, 0.1) is 5.92 Å². The summed E-state index contributed by atoms with van der Waals surface area (Å²) in [6.07, 6.45) is 3.19. The number of aliphatic hydroxyl groups is 1. The molecule has 0 radical (unpaired) electrons. The molecule has 1 unspecified atom stereocenters. The van der Waals surface area contributed by atoms with Crippen LogP contribution < -0.4 is 0 Å². The first kappa shape index (κ1) is 15.9. The number of rotatable bonds is 10. The summed E-state index contributed by atoms with van der Waals surface area (Å²) < 4.78 is 5.00. The average molecular weight is 246 g/mol. The molecule has 0 bridgehead atoms. The van der Waals surface area contributed by atoms with Crippen LogP contribution in [0.1, 0.15) is 45.4 Å². The van der Waals surface area contributed by atoms with Gasteiger partial charge in [0.15, 0.2) is 0 Å². The lowest BCUT2D eigenvalue weighted by atomic mass is 10.0. The quantitative estimate of drug-likeness (QED) is 0.451. The molecule has 0 aromatic heterocycles. The van der Waals surface area contributed by atoms with Gasteiger partial charge >= 0.3 is 11.9 Å². The number of carboxylic acids is 1. The molecule has 0 heterocycles. The number of carbonyl (C=O) groups is 2. The van der Waals surface area contributed by atoms with Crippen molar-refractivity contribution in [1.82, 2.24) is 0 Å². The highest BCUT2D eigenvalue weighted by Gasteiger charge is 2.11. The summed E-state index contributed by atoms with van der Waals surface area (Å²) in [5, 5.41) is 17.0. The van der Waals surface area contributed by atoms with Gasteiger partial charge < -0.3 is 14.9 Å². The fourth-order valence-corrected chi connectivity index (χ4v) is 1.39. The second-order valence-corrected chi connectivity index (χ2v) is 4.25. The molecule has 5 nitrogen and oxygen atoms in total. The van der Waals surface area contributed by atoms with Gasteiger partial charge in [-0.25, -0.2) is 0 Å². The maximum atomic E-state index is 11.3. The van der Waals surface area contributed by atoms with Gasteiger partial charge in [0.25, 0.3) is 0 Å². The van der Waals surface area contributed by atoms with Crippen LogP contribution in [0.5, 0.6) is 0 Å². The Morgan fingerprint density at radius 3 is 2.53 bits per heavy atom. The maximum absolute atomic E-state index is 11.3. The third kappa shape index (κ3) is 11.2. The van der Waals surface area contributed by atoms with Crippen LogP contribution >= 0.6 is 0 Å². The Kier molecular flexibility index (Phi) is 9.43. The normalized spacial score (nSPS) is 12.1. The molecule has 2 N–H and O–H groups in total. The number of hydrogen-bond acceptors (Lipinski definition) is 4. The summed E-state index contributed by atoms with van der Waals surface area (Å²) in [4.78, 5) is 21.6. The molecule has 0 aliphatic carbocycles. The predicted octanol–water partition coefficient (Wildman–Crippen LogP) is 1.58. The summed E-state index contributed by atoms with van der Waals surface area (Å²) >= 11 is 0. The van der Waals surface area contributed by atoms with E-state index >= 15 is 0 Å². The van der Waals surface area contributed by atoms with Crippen molar-refractivity contribution < 1.29 is 24.5 Å². The van der Waals surface area contributed by atoms with E-state index in [9.17, 15) is 9.59 Å². The van der Waals surface area contributed by atoms with Gasteiger partial charge in [-0.3, -0.25) is 9.59 Å². The summed E-state index contributed by atoms with van der Waals surface area (Å²) in [5.41, 5.74) is 0. The standard InChI is InChI=1S/C12H22O5/c1-10(5-6-11(14)15)9-12(16)17-8-4-2-3-7-13/h10,13H,2-9H2,1H3,(H,14,15). The number of hydrogen-bond donors (Lipinski definition) is 2. The van der Waals surface area contributed by atoms with Crippen LogP contribution in [0.3, 0.4) is 0 Å². The molecule has 100 valence electrons. The molecule has 17 heavy (non-hydrogen) atoms. The third-order valence-corrected chi connectivity index (χ3v) is 2.43. The van der Waals surface area contributed by atoms with E-state index in [-0.39, 0.29) is 31.3 Å². The Balaban J connectivity index is 3.47. The zero-order valence-electron chi connectivity index (χ0n) is 10.4. The average Bonchev–Trinajstić information content (AvgIpc) is 2.26. The first-order valence-corrected chi connectivity index (χ1v) is 6.04. The van der Waals surface area contributed by atoms with Crippen molar-refractivity contribution in [3.05, 3.63) is 0 Å². The summed E-state index contributed by atoms with van der Waals surface area (Å²) in [6.45, 7) is 2.39. The fourth-order valence-electron chi connectivity index (χ4n) is 1.39. The predicted molar refractivity (Wildman–Crippen MR) is 62.5 cm³/mol. The smallest absolute Gasteiger partial charge is 0.306 e. The minimum atomic E-state index is -0.839. The lowest BCUT2D eigenvalue weighted by Crippen LogP contribution is -2.11. The first-order chi connectivity index (χ1) is 8.06. The van der Waals surface area contributed by atoms with Crippen molar-refractivity contribution in [3.8, 4) is 0 Å². The minimum absolute atomic E-state index is 0.0380. The Labute approximate surface area is 102 Å². The van der Waals surface area contributed by atoms with Gasteiger partial charge in [0, 0.05) is 19.4 Å². The number of ether oxygens (including phenoxy) is 1. The molecule has 0 fully saturated rings. The van der Waals surface area contributed by atoms with Gasteiger partial charge in [0.1, 0.15) is 0 Å². The van der Waals surface area contributed by atoms with Crippen LogP contribution in [0.25, 0.3) is 0 Å². The molecule has 0 spiro atoms. The van der Waals surface area contributed by atoms with Crippen molar-refractivity contribution in [2.75, 3.05) is 13.2 Å². The van der Waals surface area contributed by atoms with E-state index in [1.165, 1.54) is 0 Å². The van der Waals surface area contributed by atoms with E-state index in [2.05, 4.69) is 0 Å². The van der Waals surface area contributed by atoms with Crippen molar-refractivity contribution in [1.29, 1.82) is 0 Å². The highest BCUT2D eigenvalue weighted by atomic mass is 16.5. The van der Waals surface area contributed by atoms with Gasteiger partial charge in [-0.2, -0.15) is 0 Å². The number of carboxylic acid groups (broad SMARTS) is 1. The topological polar surface area (TPSA) is 83.8 Å². The molecule has 0 aromatic carbocycles. The highest BCUT2D eigenvalue weighted by molar-refractivity contribution is 5.70. The second-order valence-electron chi connectivity index (χ2n) is 4.25. The van der Waals surface area contributed by atoms with E-state index in [1.807, 2.05) is 6.92 Å². The van der Waals surface area contributed by atoms with E-state index in [0.717, 1.165) is 19.3 Å². The molecule has 0 aliphatic rings. The molecule has 0 aromatic rings. The molecular formula is C12H22O5. The minimum Gasteiger partial charge on any atom is -0.481 e. The van der Waals surface area contributed by atoms with Crippen LogP contribution in [-0.4, -0.2) is 35.4 Å². The Morgan fingerprint density at radius 2 is 1.94 bits per heavy atom. The van der Waals surface area contributed by atoms with Crippen LogP contribution in [0.4, 0.5) is 0 Å². The fraction of sp³-hybridized carbons (Fsp3) is 0.833. The number of unbranched alkanes of at least 4 members (excludes halogenated alkanes) is 2. The molecule has 5 heteroatoms. The summed E-state index contributed by atoms with van der Waals surface area (Å²) in [5.74, 6) is -1.07. The Morgan fingerprint density at radius 1 is 1.24 bits per heavy atom. The summed E-state index contributed by atoms with van der Waals surface area (Å²) in [7, 11) is 0. The van der Waals surface area contributed by atoms with Crippen LogP contribution in [0.15, 0.2) is 0 Å². The van der Waals surface area contributed by atoms with Gasteiger partial charge in [0.2, 0.25) is 0 Å². The second kappa shape index (κ2) is 10.1. The highest BCUT2D eigenvalue weighted by Crippen LogP contribution is 2.11.